The summed E-state index contributed by atoms with van der Waals surface area (Å²) in [5.74, 6) is 0.494. The number of para-hydroxylation sites is 1. The van der Waals surface area contributed by atoms with Crippen LogP contribution in [0.5, 0.6) is 5.75 Å². The van der Waals surface area contributed by atoms with Gasteiger partial charge in [-0.3, -0.25) is 9.59 Å². The molecule has 0 saturated heterocycles. The minimum atomic E-state index is -0.175. The SMILES string of the molecule is COc1ccc2c(c1)/C(=C/C(=O)c1ccc(C(=O)N(C)c3ccccc3)cc1)NC(C)(C)C2. The van der Waals surface area contributed by atoms with E-state index in [0.29, 0.717) is 11.1 Å². The van der Waals surface area contributed by atoms with E-state index in [1.807, 2.05) is 42.5 Å². The number of fused-ring (bicyclic) bond motifs is 1. The van der Waals surface area contributed by atoms with Gasteiger partial charge in [-0.1, -0.05) is 36.4 Å². The van der Waals surface area contributed by atoms with Crippen molar-refractivity contribution in [3.05, 3.63) is 101 Å². The van der Waals surface area contributed by atoms with Crippen LogP contribution in [0.3, 0.4) is 0 Å². The van der Waals surface area contributed by atoms with Crippen molar-refractivity contribution < 1.29 is 14.3 Å². The minimum absolute atomic E-state index is 0.126. The molecule has 0 fully saturated rings. The maximum atomic E-state index is 13.1. The van der Waals surface area contributed by atoms with E-state index >= 15 is 0 Å². The van der Waals surface area contributed by atoms with Crippen LogP contribution in [0.25, 0.3) is 5.70 Å². The first-order valence-corrected chi connectivity index (χ1v) is 10.9. The Morgan fingerprint density at radius 1 is 0.970 bits per heavy atom. The lowest BCUT2D eigenvalue weighted by molar-refractivity contribution is 0.0990. The standard InChI is InChI=1S/C28H28N2O3/c1-28(2)18-21-14-15-23(33-4)16-24(21)25(29-28)17-26(31)19-10-12-20(13-11-19)27(32)30(3)22-8-6-5-7-9-22/h5-17,29H,18H2,1-4H3/b25-17-. The first-order valence-electron chi connectivity index (χ1n) is 10.9. The molecule has 0 spiro atoms. The monoisotopic (exact) mass is 440 g/mol. The highest BCUT2D eigenvalue weighted by Crippen LogP contribution is 2.32. The summed E-state index contributed by atoms with van der Waals surface area (Å²) in [5, 5.41) is 3.49. The van der Waals surface area contributed by atoms with E-state index in [1.165, 1.54) is 5.56 Å². The number of hydrogen-bond donors (Lipinski definition) is 1. The van der Waals surface area contributed by atoms with Crippen LogP contribution in [0.1, 0.15) is 45.7 Å². The lowest BCUT2D eigenvalue weighted by Crippen LogP contribution is -2.43. The summed E-state index contributed by atoms with van der Waals surface area (Å²) in [6.45, 7) is 4.23. The van der Waals surface area contributed by atoms with E-state index in [1.54, 1.807) is 49.4 Å². The summed E-state index contributed by atoms with van der Waals surface area (Å²) < 4.78 is 5.38. The highest BCUT2D eigenvalue weighted by Gasteiger charge is 2.28. The van der Waals surface area contributed by atoms with E-state index in [9.17, 15) is 9.59 Å². The van der Waals surface area contributed by atoms with Crippen LogP contribution < -0.4 is 15.0 Å². The Bertz CT molecular complexity index is 1210. The predicted molar refractivity (Wildman–Crippen MR) is 132 cm³/mol. The maximum Gasteiger partial charge on any atom is 0.258 e. The molecule has 1 amide bonds. The van der Waals surface area contributed by atoms with Crippen LogP contribution in [0.2, 0.25) is 0 Å². The van der Waals surface area contributed by atoms with Gasteiger partial charge in [-0.25, -0.2) is 0 Å². The second kappa shape index (κ2) is 8.94. The molecule has 0 saturated carbocycles. The van der Waals surface area contributed by atoms with Crippen LogP contribution in [-0.2, 0) is 6.42 Å². The van der Waals surface area contributed by atoms with Gasteiger partial charge in [-0.2, -0.15) is 0 Å². The van der Waals surface area contributed by atoms with Crippen molar-refractivity contribution in [2.24, 2.45) is 0 Å². The number of ether oxygens (including phenoxy) is 1. The average Bonchev–Trinajstić information content (AvgIpc) is 2.83. The summed E-state index contributed by atoms with van der Waals surface area (Å²) in [6, 6.07) is 22.2. The summed E-state index contributed by atoms with van der Waals surface area (Å²) >= 11 is 0. The zero-order chi connectivity index (χ0) is 23.6. The lowest BCUT2D eigenvalue weighted by atomic mass is 9.85. The van der Waals surface area contributed by atoms with Gasteiger partial charge >= 0.3 is 0 Å². The highest BCUT2D eigenvalue weighted by molar-refractivity contribution is 6.10. The second-order valence-corrected chi connectivity index (χ2v) is 8.91. The number of ketones is 1. The van der Waals surface area contributed by atoms with Crippen molar-refractivity contribution in [3.8, 4) is 5.75 Å². The summed E-state index contributed by atoms with van der Waals surface area (Å²) in [5.41, 5.74) is 4.60. The molecule has 3 aromatic carbocycles. The quantitative estimate of drug-likeness (QED) is 0.442. The Labute approximate surface area is 194 Å². The van der Waals surface area contributed by atoms with Crippen molar-refractivity contribution >= 4 is 23.1 Å². The molecule has 0 atom stereocenters. The minimum Gasteiger partial charge on any atom is -0.497 e. The first kappa shape index (κ1) is 22.3. The van der Waals surface area contributed by atoms with E-state index in [2.05, 4.69) is 25.2 Å². The van der Waals surface area contributed by atoms with Crippen molar-refractivity contribution in [2.75, 3.05) is 19.1 Å². The zero-order valence-electron chi connectivity index (χ0n) is 19.4. The van der Waals surface area contributed by atoms with Gasteiger partial charge in [0.05, 0.1) is 7.11 Å². The number of hydrogen-bond acceptors (Lipinski definition) is 4. The van der Waals surface area contributed by atoms with Gasteiger partial charge < -0.3 is 15.0 Å². The van der Waals surface area contributed by atoms with Crippen molar-refractivity contribution in [1.82, 2.24) is 5.32 Å². The highest BCUT2D eigenvalue weighted by atomic mass is 16.5. The van der Waals surface area contributed by atoms with Gasteiger partial charge in [0.2, 0.25) is 0 Å². The van der Waals surface area contributed by atoms with Crippen LogP contribution in [0.4, 0.5) is 5.69 Å². The predicted octanol–water partition coefficient (Wildman–Crippen LogP) is 5.12. The molecule has 1 aliphatic rings. The summed E-state index contributed by atoms with van der Waals surface area (Å²) in [7, 11) is 3.37. The number of carbonyl (C=O) groups is 2. The van der Waals surface area contributed by atoms with Gasteiger partial charge in [0, 0.05) is 46.7 Å². The summed E-state index contributed by atoms with van der Waals surface area (Å²) in [4.78, 5) is 27.5. The van der Waals surface area contributed by atoms with Gasteiger partial charge in [0.25, 0.3) is 5.91 Å². The molecule has 0 radical (unpaired) electrons. The normalized spacial score (nSPS) is 15.3. The molecule has 4 rings (SSSR count). The van der Waals surface area contributed by atoms with Gasteiger partial charge in [-0.05, 0) is 62.2 Å². The molecule has 5 nitrogen and oxygen atoms in total. The number of carbonyl (C=O) groups excluding carboxylic acids is 2. The molecule has 0 aromatic heterocycles. The summed E-state index contributed by atoms with van der Waals surface area (Å²) in [6.07, 6.45) is 2.48. The van der Waals surface area contributed by atoms with E-state index in [-0.39, 0.29) is 17.2 Å². The number of nitrogens with zero attached hydrogens (tertiary/aromatic N) is 1. The number of methoxy groups -OCH3 is 1. The van der Waals surface area contributed by atoms with Gasteiger partial charge in [0.15, 0.2) is 5.78 Å². The number of allylic oxidation sites excluding steroid dienone is 1. The Morgan fingerprint density at radius 3 is 2.30 bits per heavy atom. The molecule has 5 heteroatoms. The molecule has 0 aliphatic carbocycles. The fourth-order valence-corrected chi connectivity index (χ4v) is 4.11. The van der Waals surface area contributed by atoms with Gasteiger partial charge in [-0.15, -0.1) is 0 Å². The van der Waals surface area contributed by atoms with Crippen LogP contribution >= 0.6 is 0 Å². The molecule has 0 unspecified atom stereocenters. The number of benzene rings is 3. The number of nitrogens with one attached hydrogen (secondary N) is 1. The fraction of sp³-hybridized carbons (Fsp3) is 0.214. The van der Waals surface area contributed by atoms with Crippen molar-refractivity contribution in [2.45, 2.75) is 25.8 Å². The largest absolute Gasteiger partial charge is 0.497 e. The topological polar surface area (TPSA) is 58.6 Å². The van der Waals surface area contributed by atoms with Gasteiger partial charge in [0.1, 0.15) is 5.75 Å². The first-order chi connectivity index (χ1) is 15.8. The van der Waals surface area contributed by atoms with Crippen LogP contribution in [0.15, 0.2) is 78.9 Å². The van der Waals surface area contributed by atoms with Crippen LogP contribution in [-0.4, -0.2) is 31.4 Å². The Hall–Kier alpha value is -3.86. The third kappa shape index (κ3) is 4.82. The fourth-order valence-electron chi connectivity index (χ4n) is 4.11. The number of anilines is 1. The van der Waals surface area contributed by atoms with E-state index < -0.39 is 0 Å². The molecule has 3 aromatic rings. The second-order valence-electron chi connectivity index (χ2n) is 8.91. The molecule has 1 aliphatic heterocycles. The molecule has 168 valence electrons. The molecular formula is C28H28N2O3. The zero-order valence-corrected chi connectivity index (χ0v) is 19.4. The Morgan fingerprint density at radius 2 is 1.64 bits per heavy atom. The number of rotatable bonds is 5. The van der Waals surface area contributed by atoms with E-state index in [4.69, 9.17) is 4.74 Å². The smallest absolute Gasteiger partial charge is 0.258 e. The Kier molecular flexibility index (Phi) is 6.05. The van der Waals surface area contributed by atoms with Crippen LogP contribution in [0, 0.1) is 0 Å². The van der Waals surface area contributed by atoms with Crippen molar-refractivity contribution in [1.29, 1.82) is 0 Å². The third-order valence-corrected chi connectivity index (χ3v) is 5.85. The third-order valence-electron chi connectivity index (χ3n) is 5.85. The Balaban J connectivity index is 1.58. The average molecular weight is 441 g/mol. The van der Waals surface area contributed by atoms with Crippen molar-refractivity contribution in [3.63, 3.8) is 0 Å². The molecule has 1 N–H and O–H groups in total. The molecule has 1 heterocycles. The lowest BCUT2D eigenvalue weighted by Gasteiger charge is -2.35. The molecular weight excluding hydrogens is 412 g/mol. The maximum absolute atomic E-state index is 13.1. The number of amides is 1. The molecule has 0 bridgehead atoms. The van der Waals surface area contributed by atoms with E-state index in [0.717, 1.165) is 29.1 Å². The molecule has 33 heavy (non-hydrogen) atoms.